The molecule has 0 atom stereocenters. The number of rotatable bonds is 3. The van der Waals surface area contributed by atoms with Gasteiger partial charge in [-0.15, -0.1) is 0 Å². The Morgan fingerprint density at radius 1 is 0.967 bits per heavy atom. The van der Waals surface area contributed by atoms with E-state index >= 15 is 0 Å². The van der Waals surface area contributed by atoms with Gasteiger partial charge in [0.2, 0.25) is 0 Å². The average Bonchev–Trinajstić information content (AvgIpc) is 3.26. The highest BCUT2D eigenvalue weighted by atomic mass is 19.1. The maximum absolute atomic E-state index is 13.4. The molecule has 0 fully saturated rings. The Labute approximate surface area is 170 Å². The zero-order valence-electron chi connectivity index (χ0n) is 16.1. The van der Waals surface area contributed by atoms with E-state index < -0.39 is 11.8 Å². The van der Waals surface area contributed by atoms with E-state index in [9.17, 15) is 14.0 Å². The molecule has 8 heteroatoms. The van der Waals surface area contributed by atoms with Gasteiger partial charge in [0.15, 0.2) is 5.65 Å². The van der Waals surface area contributed by atoms with Crippen molar-refractivity contribution < 1.29 is 18.7 Å². The maximum atomic E-state index is 13.4. The molecular weight excluding hydrogens is 387 g/mol. The van der Waals surface area contributed by atoms with Gasteiger partial charge in [0, 0.05) is 18.8 Å². The maximum Gasteiger partial charge on any atom is 0.262 e. The van der Waals surface area contributed by atoms with Gasteiger partial charge in [-0.05, 0) is 48.5 Å². The normalized spacial score (nSPS) is 13.2. The highest BCUT2D eigenvalue weighted by molar-refractivity contribution is 6.27. The Bertz CT molecular complexity index is 1330. The van der Waals surface area contributed by atoms with Gasteiger partial charge in [0.25, 0.3) is 11.8 Å². The summed E-state index contributed by atoms with van der Waals surface area (Å²) in [5, 5.41) is 5.16. The molecule has 0 spiro atoms. The van der Waals surface area contributed by atoms with Crippen LogP contribution in [0, 0.1) is 5.82 Å². The number of ether oxygens (including phenoxy) is 1. The van der Waals surface area contributed by atoms with Crippen molar-refractivity contribution in [3.05, 3.63) is 71.7 Å². The number of amides is 2. The molecule has 4 aromatic rings. The van der Waals surface area contributed by atoms with Crippen LogP contribution < -0.4 is 4.74 Å². The summed E-state index contributed by atoms with van der Waals surface area (Å²) in [6.45, 7) is 0. The van der Waals surface area contributed by atoms with Gasteiger partial charge in [-0.25, -0.2) is 14.1 Å². The van der Waals surface area contributed by atoms with Crippen LogP contribution in [0.25, 0.3) is 28.0 Å². The van der Waals surface area contributed by atoms with Crippen LogP contribution in [0.1, 0.15) is 20.7 Å². The standard InChI is InChI=1S/C22H15FN4O3/c1-26-21(28)16-11-24-20-18(17(16)22(26)29)19(12-3-9-15(30-2)10-4-12)25-27(20)14-7-5-13(23)6-8-14/h3-11H,1-2H3. The number of halogens is 1. The lowest BCUT2D eigenvalue weighted by Crippen LogP contribution is -2.24. The highest BCUT2D eigenvalue weighted by Crippen LogP contribution is 2.36. The van der Waals surface area contributed by atoms with E-state index in [0.717, 1.165) is 10.5 Å². The van der Waals surface area contributed by atoms with Crippen molar-refractivity contribution in [2.75, 3.05) is 14.2 Å². The number of aromatic nitrogens is 3. The zero-order valence-corrected chi connectivity index (χ0v) is 16.1. The lowest BCUT2D eigenvalue weighted by Gasteiger charge is -2.04. The van der Waals surface area contributed by atoms with Gasteiger partial charge in [0.05, 0.1) is 29.3 Å². The SMILES string of the molecule is COc1ccc(-c2nn(-c3ccc(F)cc3)c3ncc4c(c23)C(=O)N(C)C4=O)cc1. The summed E-state index contributed by atoms with van der Waals surface area (Å²) in [5.41, 5.74) is 2.72. The Morgan fingerprint density at radius 2 is 1.67 bits per heavy atom. The van der Waals surface area contributed by atoms with Crippen molar-refractivity contribution in [2.24, 2.45) is 0 Å². The lowest BCUT2D eigenvalue weighted by molar-refractivity contribution is 0.0693. The van der Waals surface area contributed by atoms with Gasteiger partial charge in [-0.3, -0.25) is 14.5 Å². The minimum Gasteiger partial charge on any atom is -0.497 e. The van der Waals surface area contributed by atoms with Gasteiger partial charge in [-0.2, -0.15) is 5.10 Å². The predicted molar refractivity (Wildman–Crippen MR) is 107 cm³/mol. The second kappa shape index (κ2) is 6.48. The smallest absolute Gasteiger partial charge is 0.262 e. The summed E-state index contributed by atoms with van der Waals surface area (Å²) in [5.74, 6) is -0.507. The van der Waals surface area contributed by atoms with Crippen LogP contribution >= 0.6 is 0 Å². The second-order valence-electron chi connectivity index (χ2n) is 6.88. The van der Waals surface area contributed by atoms with Crippen molar-refractivity contribution >= 4 is 22.8 Å². The fourth-order valence-corrected chi connectivity index (χ4v) is 3.62. The van der Waals surface area contributed by atoms with Crippen LogP contribution in [0.15, 0.2) is 54.7 Å². The summed E-state index contributed by atoms with van der Waals surface area (Å²) in [7, 11) is 3.01. The average molecular weight is 402 g/mol. The number of hydrogen-bond acceptors (Lipinski definition) is 5. The molecule has 2 amide bonds. The van der Waals surface area contributed by atoms with Crippen LogP contribution in [-0.2, 0) is 0 Å². The molecule has 2 aromatic heterocycles. The lowest BCUT2D eigenvalue weighted by atomic mass is 10.0. The number of hydrogen-bond donors (Lipinski definition) is 0. The minimum atomic E-state index is -0.407. The molecule has 2 aromatic carbocycles. The quantitative estimate of drug-likeness (QED) is 0.491. The minimum absolute atomic E-state index is 0.239. The number of nitrogens with zero attached hydrogens (tertiary/aromatic N) is 4. The Kier molecular flexibility index (Phi) is 3.89. The van der Waals surface area contributed by atoms with E-state index in [1.807, 2.05) is 12.1 Å². The molecule has 7 nitrogen and oxygen atoms in total. The van der Waals surface area contributed by atoms with Crippen LogP contribution in [0.3, 0.4) is 0 Å². The zero-order chi connectivity index (χ0) is 21.0. The Balaban J connectivity index is 1.85. The van der Waals surface area contributed by atoms with E-state index in [2.05, 4.69) is 10.1 Å². The third kappa shape index (κ3) is 2.50. The summed E-state index contributed by atoms with van der Waals surface area (Å²) in [4.78, 5) is 30.8. The van der Waals surface area contributed by atoms with Crippen molar-refractivity contribution in [3.8, 4) is 22.7 Å². The van der Waals surface area contributed by atoms with Crippen molar-refractivity contribution in [3.63, 3.8) is 0 Å². The van der Waals surface area contributed by atoms with E-state index in [4.69, 9.17) is 4.74 Å². The third-order valence-corrected chi connectivity index (χ3v) is 5.18. The third-order valence-electron chi connectivity index (χ3n) is 5.18. The molecule has 5 rings (SSSR count). The van der Waals surface area contributed by atoms with Crippen LogP contribution in [-0.4, -0.2) is 45.6 Å². The Hall–Kier alpha value is -4.07. The van der Waals surface area contributed by atoms with Gasteiger partial charge < -0.3 is 4.74 Å². The first kappa shape index (κ1) is 18.0. The molecule has 0 unspecified atom stereocenters. The number of carbonyl (C=O) groups excluding carboxylic acids is 2. The monoisotopic (exact) mass is 402 g/mol. The molecule has 0 N–H and O–H groups in total. The van der Waals surface area contributed by atoms with E-state index in [-0.39, 0.29) is 16.9 Å². The largest absolute Gasteiger partial charge is 0.497 e. The number of benzene rings is 2. The number of imide groups is 1. The van der Waals surface area contributed by atoms with Gasteiger partial charge in [0.1, 0.15) is 17.3 Å². The van der Waals surface area contributed by atoms with E-state index in [0.29, 0.717) is 28.2 Å². The molecule has 1 aliphatic heterocycles. The van der Waals surface area contributed by atoms with Gasteiger partial charge in [-0.1, -0.05) is 0 Å². The molecule has 0 saturated carbocycles. The van der Waals surface area contributed by atoms with Crippen molar-refractivity contribution in [2.45, 2.75) is 0 Å². The first-order chi connectivity index (χ1) is 14.5. The van der Waals surface area contributed by atoms with Crippen LogP contribution in [0.5, 0.6) is 5.75 Å². The number of carbonyl (C=O) groups is 2. The van der Waals surface area contributed by atoms with Crippen molar-refractivity contribution in [1.29, 1.82) is 0 Å². The second-order valence-corrected chi connectivity index (χ2v) is 6.88. The van der Waals surface area contributed by atoms with Crippen molar-refractivity contribution in [1.82, 2.24) is 19.7 Å². The molecule has 0 saturated heterocycles. The molecule has 148 valence electrons. The highest BCUT2D eigenvalue weighted by Gasteiger charge is 2.37. The predicted octanol–water partition coefficient (Wildman–Crippen LogP) is 3.46. The van der Waals surface area contributed by atoms with Crippen LogP contribution in [0.4, 0.5) is 4.39 Å². The number of pyridine rings is 1. The molecular formula is C22H15FN4O3. The number of fused-ring (bicyclic) bond motifs is 3. The molecule has 1 aliphatic rings. The summed E-state index contributed by atoms with van der Waals surface area (Å²) in [6, 6.07) is 13.0. The fourth-order valence-electron chi connectivity index (χ4n) is 3.62. The first-order valence-corrected chi connectivity index (χ1v) is 9.14. The summed E-state index contributed by atoms with van der Waals surface area (Å²) in [6.07, 6.45) is 1.39. The topological polar surface area (TPSA) is 77.3 Å². The van der Waals surface area contributed by atoms with Gasteiger partial charge >= 0.3 is 0 Å². The van der Waals surface area contributed by atoms with Crippen LogP contribution in [0.2, 0.25) is 0 Å². The summed E-state index contributed by atoms with van der Waals surface area (Å²) >= 11 is 0. The summed E-state index contributed by atoms with van der Waals surface area (Å²) < 4.78 is 20.2. The fraction of sp³-hybridized carbons (Fsp3) is 0.0909. The molecule has 0 bridgehead atoms. The molecule has 3 heterocycles. The first-order valence-electron chi connectivity index (χ1n) is 9.14. The Morgan fingerprint density at radius 3 is 2.33 bits per heavy atom. The molecule has 0 radical (unpaired) electrons. The van der Waals surface area contributed by atoms with E-state index in [1.54, 1.807) is 36.1 Å². The number of methoxy groups -OCH3 is 1. The molecule has 30 heavy (non-hydrogen) atoms. The molecule has 0 aliphatic carbocycles. The van der Waals surface area contributed by atoms with E-state index in [1.165, 1.54) is 25.4 Å².